The second-order valence-corrected chi connectivity index (χ2v) is 6.81. The molecule has 26 heavy (non-hydrogen) atoms. The lowest BCUT2D eigenvalue weighted by Gasteiger charge is -2.05. The van der Waals surface area contributed by atoms with Crippen LogP contribution in [-0.2, 0) is 18.9 Å². The van der Waals surface area contributed by atoms with E-state index in [0.717, 1.165) is 5.56 Å². The zero-order chi connectivity index (χ0) is 18.7. The summed E-state index contributed by atoms with van der Waals surface area (Å²) in [5, 5.41) is 16.6. The number of amides is 1. The standard InChI is InChI=1S/C16H17ClN6O2S/c1-22-8-12(15(21-22)25-3)14-19-20-16(23(14)2)26-9-13(24)18-11-6-4-10(17)5-7-11/h4-8H,9H2,1-3H3,(H,18,24). The molecular formula is C16H17ClN6O2S. The highest BCUT2D eigenvalue weighted by Crippen LogP contribution is 2.29. The third-order valence-electron chi connectivity index (χ3n) is 3.52. The molecular weight excluding hydrogens is 376 g/mol. The molecule has 0 bridgehead atoms. The van der Waals surface area contributed by atoms with E-state index in [-0.39, 0.29) is 11.7 Å². The largest absolute Gasteiger partial charge is 0.479 e. The Morgan fingerprint density at radius 3 is 2.69 bits per heavy atom. The zero-order valence-electron chi connectivity index (χ0n) is 14.4. The van der Waals surface area contributed by atoms with Gasteiger partial charge in [-0.3, -0.25) is 9.48 Å². The number of carbonyl (C=O) groups excluding carboxylic acids is 1. The van der Waals surface area contributed by atoms with Gasteiger partial charge in [-0.15, -0.1) is 15.3 Å². The molecule has 0 aliphatic heterocycles. The topological polar surface area (TPSA) is 86.9 Å². The van der Waals surface area contributed by atoms with Crippen LogP contribution in [0, 0.1) is 0 Å². The average Bonchev–Trinajstić information content (AvgIpc) is 3.17. The van der Waals surface area contributed by atoms with Crippen molar-refractivity contribution < 1.29 is 9.53 Å². The van der Waals surface area contributed by atoms with Crippen LogP contribution in [0.1, 0.15) is 0 Å². The van der Waals surface area contributed by atoms with Crippen molar-refractivity contribution in [3.05, 3.63) is 35.5 Å². The van der Waals surface area contributed by atoms with Crippen molar-refractivity contribution in [2.24, 2.45) is 14.1 Å². The first-order valence-corrected chi connectivity index (χ1v) is 9.00. The fraction of sp³-hybridized carbons (Fsp3) is 0.250. The molecule has 0 saturated heterocycles. The van der Waals surface area contributed by atoms with E-state index in [1.807, 2.05) is 13.2 Å². The number of nitrogens with zero attached hydrogens (tertiary/aromatic N) is 5. The Bertz CT molecular complexity index is 921. The van der Waals surface area contributed by atoms with E-state index in [2.05, 4.69) is 20.6 Å². The van der Waals surface area contributed by atoms with Crippen LogP contribution in [0.15, 0.2) is 35.6 Å². The number of hydrogen-bond donors (Lipinski definition) is 1. The van der Waals surface area contributed by atoms with E-state index < -0.39 is 0 Å². The predicted octanol–water partition coefficient (Wildman–Crippen LogP) is 2.61. The Balaban J connectivity index is 1.66. The fourth-order valence-electron chi connectivity index (χ4n) is 2.31. The number of methoxy groups -OCH3 is 1. The SMILES string of the molecule is COc1nn(C)cc1-c1nnc(SCC(=O)Nc2ccc(Cl)cc2)n1C. The molecule has 0 saturated carbocycles. The summed E-state index contributed by atoms with van der Waals surface area (Å²) in [5.74, 6) is 1.16. The number of hydrogen-bond acceptors (Lipinski definition) is 6. The number of aromatic nitrogens is 5. The lowest BCUT2D eigenvalue weighted by molar-refractivity contribution is -0.113. The lowest BCUT2D eigenvalue weighted by Crippen LogP contribution is -2.14. The second kappa shape index (κ2) is 7.79. The second-order valence-electron chi connectivity index (χ2n) is 5.43. The van der Waals surface area contributed by atoms with Crippen LogP contribution in [-0.4, -0.2) is 43.3 Å². The van der Waals surface area contributed by atoms with E-state index in [4.69, 9.17) is 16.3 Å². The smallest absolute Gasteiger partial charge is 0.243 e. The number of benzene rings is 1. The van der Waals surface area contributed by atoms with Crippen LogP contribution < -0.4 is 10.1 Å². The molecule has 0 radical (unpaired) electrons. The number of anilines is 1. The summed E-state index contributed by atoms with van der Waals surface area (Å²) < 4.78 is 8.72. The molecule has 2 heterocycles. The molecule has 0 unspecified atom stereocenters. The van der Waals surface area contributed by atoms with Crippen LogP contribution in [0.3, 0.4) is 0 Å². The van der Waals surface area contributed by atoms with E-state index in [0.29, 0.717) is 27.6 Å². The van der Waals surface area contributed by atoms with E-state index >= 15 is 0 Å². The molecule has 8 nitrogen and oxygen atoms in total. The minimum atomic E-state index is -0.138. The summed E-state index contributed by atoms with van der Waals surface area (Å²) in [6, 6.07) is 6.95. The molecule has 0 fully saturated rings. The Morgan fingerprint density at radius 1 is 1.27 bits per heavy atom. The minimum absolute atomic E-state index is 0.138. The maximum Gasteiger partial charge on any atom is 0.243 e. The van der Waals surface area contributed by atoms with Gasteiger partial charge in [-0.2, -0.15) is 0 Å². The van der Waals surface area contributed by atoms with Crippen molar-refractivity contribution >= 4 is 35.0 Å². The van der Waals surface area contributed by atoms with Crippen molar-refractivity contribution in [1.82, 2.24) is 24.5 Å². The summed E-state index contributed by atoms with van der Waals surface area (Å²) >= 11 is 7.13. The van der Waals surface area contributed by atoms with Crippen molar-refractivity contribution in [1.29, 1.82) is 0 Å². The first-order chi connectivity index (χ1) is 12.5. The molecule has 136 valence electrons. The summed E-state index contributed by atoms with van der Waals surface area (Å²) in [7, 11) is 5.19. The normalized spacial score (nSPS) is 10.8. The summed E-state index contributed by atoms with van der Waals surface area (Å²) in [6.45, 7) is 0. The van der Waals surface area contributed by atoms with Gasteiger partial charge in [0.15, 0.2) is 11.0 Å². The maximum absolute atomic E-state index is 12.1. The number of aryl methyl sites for hydroxylation is 1. The first kappa shape index (κ1) is 18.3. The molecule has 1 aromatic carbocycles. The summed E-state index contributed by atoms with van der Waals surface area (Å²) in [5.41, 5.74) is 1.43. The highest BCUT2D eigenvalue weighted by Gasteiger charge is 2.18. The Hall–Kier alpha value is -2.52. The van der Waals surface area contributed by atoms with Gasteiger partial charge in [0, 0.05) is 31.0 Å². The fourth-order valence-corrected chi connectivity index (χ4v) is 3.14. The maximum atomic E-state index is 12.1. The van der Waals surface area contributed by atoms with E-state index in [1.165, 1.54) is 11.8 Å². The molecule has 1 N–H and O–H groups in total. The van der Waals surface area contributed by atoms with Gasteiger partial charge in [-0.1, -0.05) is 23.4 Å². The zero-order valence-corrected chi connectivity index (χ0v) is 16.0. The van der Waals surface area contributed by atoms with Crippen LogP contribution in [0.5, 0.6) is 5.88 Å². The molecule has 2 aromatic heterocycles. The van der Waals surface area contributed by atoms with Gasteiger partial charge in [0.1, 0.15) is 5.56 Å². The highest BCUT2D eigenvalue weighted by molar-refractivity contribution is 7.99. The number of carbonyl (C=O) groups is 1. The molecule has 1 amide bonds. The highest BCUT2D eigenvalue weighted by atomic mass is 35.5. The van der Waals surface area contributed by atoms with Crippen molar-refractivity contribution in [2.75, 3.05) is 18.2 Å². The van der Waals surface area contributed by atoms with Gasteiger partial charge < -0.3 is 14.6 Å². The van der Waals surface area contributed by atoms with Gasteiger partial charge in [-0.05, 0) is 24.3 Å². The average molecular weight is 393 g/mol. The molecule has 10 heteroatoms. The van der Waals surface area contributed by atoms with Crippen LogP contribution in [0.2, 0.25) is 5.02 Å². The summed E-state index contributed by atoms with van der Waals surface area (Å²) in [6.07, 6.45) is 1.81. The van der Waals surface area contributed by atoms with E-state index in [9.17, 15) is 4.79 Å². The first-order valence-electron chi connectivity index (χ1n) is 7.63. The number of ether oxygens (including phenoxy) is 1. The molecule has 3 rings (SSSR count). The Labute approximate surface area is 159 Å². The predicted molar refractivity (Wildman–Crippen MR) is 101 cm³/mol. The quantitative estimate of drug-likeness (QED) is 0.649. The molecule has 0 atom stereocenters. The van der Waals surface area contributed by atoms with Crippen molar-refractivity contribution in [3.63, 3.8) is 0 Å². The number of halogens is 1. The van der Waals surface area contributed by atoms with Gasteiger partial charge >= 0.3 is 0 Å². The molecule has 3 aromatic rings. The van der Waals surface area contributed by atoms with Crippen LogP contribution in [0.4, 0.5) is 5.69 Å². The monoisotopic (exact) mass is 392 g/mol. The van der Waals surface area contributed by atoms with Gasteiger partial charge in [-0.25, -0.2) is 0 Å². The van der Waals surface area contributed by atoms with E-state index in [1.54, 1.807) is 47.7 Å². The number of thioether (sulfide) groups is 1. The van der Waals surface area contributed by atoms with Gasteiger partial charge in [0.05, 0.1) is 12.9 Å². The van der Waals surface area contributed by atoms with Gasteiger partial charge in [0.25, 0.3) is 0 Å². The summed E-state index contributed by atoms with van der Waals surface area (Å²) in [4.78, 5) is 12.1. The molecule has 0 aliphatic carbocycles. The molecule has 0 spiro atoms. The third-order valence-corrected chi connectivity index (χ3v) is 4.80. The number of rotatable bonds is 6. The van der Waals surface area contributed by atoms with Gasteiger partial charge in [0.2, 0.25) is 11.8 Å². The van der Waals surface area contributed by atoms with Crippen LogP contribution >= 0.6 is 23.4 Å². The van der Waals surface area contributed by atoms with Crippen molar-refractivity contribution in [3.8, 4) is 17.3 Å². The van der Waals surface area contributed by atoms with Crippen LogP contribution in [0.25, 0.3) is 11.4 Å². The molecule has 0 aliphatic rings. The third kappa shape index (κ3) is 4.00. The lowest BCUT2D eigenvalue weighted by atomic mass is 10.3. The number of nitrogens with one attached hydrogen (secondary N) is 1. The van der Waals surface area contributed by atoms with Crippen molar-refractivity contribution in [2.45, 2.75) is 5.16 Å². The Kier molecular flexibility index (Phi) is 5.48. The minimum Gasteiger partial charge on any atom is -0.479 e. The Morgan fingerprint density at radius 2 is 2.00 bits per heavy atom.